The molecule has 0 bridgehead atoms. The Morgan fingerprint density at radius 3 is 2.56 bits per heavy atom. The summed E-state index contributed by atoms with van der Waals surface area (Å²) >= 11 is 3.66. The van der Waals surface area contributed by atoms with Gasteiger partial charge in [-0.1, -0.05) is 74.0 Å². The first-order valence-electron chi connectivity index (χ1n) is 9.87. The Kier molecular flexibility index (Phi) is 8.32. The maximum absolute atomic E-state index is 12.4. The molecule has 1 heterocycles. The van der Waals surface area contributed by atoms with Gasteiger partial charge in [0.05, 0.1) is 32.5 Å². The Morgan fingerprint density at radius 2 is 1.96 bits per heavy atom. The minimum absolute atomic E-state index is 0.0510. The average Bonchev–Trinajstić information content (AvgIpc) is 2.67. The van der Waals surface area contributed by atoms with E-state index in [9.17, 15) is 4.79 Å². The number of ether oxygens (including phenoxy) is 3. The number of hydrogen-bond acceptors (Lipinski definition) is 4. The summed E-state index contributed by atoms with van der Waals surface area (Å²) in [6, 6.07) is 10.2. The van der Waals surface area contributed by atoms with Crippen molar-refractivity contribution in [1.82, 2.24) is 0 Å². The van der Waals surface area contributed by atoms with Crippen LogP contribution in [0.1, 0.15) is 46.1 Å². The van der Waals surface area contributed by atoms with E-state index in [1.807, 2.05) is 25.1 Å². The Bertz CT molecular complexity index is 593. The van der Waals surface area contributed by atoms with Crippen LogP contribution in [0.3, 0.4) is 0 Å². The zero-order valence-electron chi connectivity index (χ0n) is 17.1. The smallest absolute Gasteiger partial charge is 0.325 e. The van der Waals surface area contributed by atoms with Gasteiger partial charge in [0.2, 0.25) is 0 Å². The largest absolute Gasteiger partial charge is 0.468 e. The molecule has 1 fully saturated rings. The first kappa shape index (κ1) is 22.4. The molecule has 1 aromatic carbocycles. The van der Waals surface area contributed by atoms with E-state index in [4.69, 9.17) is 14.2 Å². The summed E-state index contributed by atoms with van der Waals surface area (Å²) in [6.45, 7) is 9.77. The van der Waals surface area contributed by atoms with Crippen molar-refractivity contribution in [1.29, 1.82) is 0 Å². The molecule has 1 unspecified atom stereocenters. The topological polar surface area (TPSA) is 44.8 Å². The van der Waals surface area contributed by atoms with Crippen LogP contribution in [-0.4, -0.2) is 36.2 Å². The molecule has 0 amide bonds. The van der Waals surface area contributed by atoms with Crippen LogP contribution < -0.4 is 0 Å². The van der Waals surface area contributed by atoms with Gasteiger partial charge in [0, 0.05) is 5.92 Å². The van der Waals surface area contributed by atoms with Crippen molar-refractivity contribution in [2.75, 3.05) is 13.7 Å². The molecule has 0 N–H and O–H groups in total. The molecule has 1 aliphatic heterocycles. The molecule has 1 saturated heterocycles. The number of benzene rings is 1. The molecular formula is C22H33BrO4. The number of halogens is 1. The molecule has 0 spiro atoms. The number of hydrogen-bond donors (Lipinski definition) is 0. The molecule has 6 atom stereocenters. The number of methoxy groups -OCH3 is 1. The van der Waals surface area contributed by atoms with Gasteiger partial charge in [-0.3, -0.25) is 4.79 Å². The fraction of sp³-hybridized carbons (Fsp3) is 0.682. The second kappa shape index (κ2) is 10.0. The zero-order chi connectivity index (χ0) is 20.0. The number of carbonyl (C=O) groups is 1. The first-order valence-corrected chi connectivity index (χ1v) is 10.7. The van der Waals surface area contributed by atoms with E-state index in [2.05, 4.69) is 48.8 Å². The summed E-state index contributed by atoms with van der Waals surface area (Å²) in [6.07, 6.45) is 1.47. The predicted octanol–water partition coefficient (Wildman–Crippen LogP) is 4.99. The van der Waals surface area contributed by atoms with E-state index in [-0.39, 0.29) is 30.0 Å². The van der Waals surface area contributed by atoms with Crippen LogP contribution >= 0.6 is 15.9 Å². The maximum atomic E-state index is 12.4. The lowest BCUT2D eigenvalue weighted by Crippen LogP contribution is -2.55. The van der Waals surface area contributed by atoms with Crippen molar-refractivity contribution in [2.24, 2.45) is 17.8 Å². The van der Waals surface area contributed by atoms with Gasteiger partial charge in [-0.15, -0.1) is 0 Å². The third-order valence-corrected chi connectivity index (χ3v) is 7.00. The van der Waals surface area contributed by atoms with E-state index < -0.39 is 4.32 Å². The standard InChI is InChI=1S/C22H33BrO4/c1-6-22(23,21(24)25-5)20-16(3)12-15(2)19(27-20)17(4)13-26-14-18-10-8-7-9-11-18/h7-11,15-17,19-20H,6,12-14H2,1-5H3/t15-,16-,17-,19+,20+,22?/m0/s1. The molecule has 27 heavy (non-hydrogen) atoms. The highest BCUT2D eigenvalue weighted by Gasteiger charge is 2.51. The number of alkyl halides is 1. The SMILES string of the molecule is CCC(Br)(C(=O)OC)[C@@H]1O[C@@H]([C@@H](C)COCc2ccccc2)[C@@H](C)C[C@@H]1C. The molecular weight excluding hydrogens is 408 g/mol. The number of rotatable bonds is 8. The second-order valence-electron chi connectivity index (χ2n) is 7.90. The third kappa shape index (κ3) is 5.33. The van der Waals surface area contributed by atoms with Crippen molar-refractivity contribution >= 4 is 21.9 Å². The normalized spacial score (nSPS) is 29.0. The monoisotopic (exact) mass is 440 g/mol. The Morgan fingerprint density at radius 1 is 1.30 bits per heavy atom. The first-order chi connectivity index (χ1) is 12.8. The van der Waals surface area contributed by atoms with Gasteiger partial charge in [-0.05, 0) is 30.2 Å². The van der Waals surface area contributed by atoms with Gasteiger partial charge in [-0.25, -0.2) is 0 Å². The molecule has 152 valence electrons. The lowest BCUT2D eigenvalue weighted by atomic mass is 9.77. The summed E-state index contributed by atoms with van der Waals surface area (Å²) in [5.74, 6) is 0.665. The highest BCUT2D eigenvalue weighted by Crippen LogP contribution is 2.43. The predicted molar refractivity (Wildman–Crippen MR) is 111 cm³/mol. The summed E-state index contributed by atoms with van der Waals surface area (Å²) in [7, 11) is 1.43. The Labute approximate surface area is 172 Å². The van der Waals surface area contributed by atoms with Crippen molar-refractivity contribution in [3.63, 3.8) is 0 Å². The van der Waals surface area contributed by atoms with Crippen LogP contribution in [0.25, 0.3) is 0 Å². The molecule has 2 rings (SSSR count). The van der Waals surface area contributed by atoms with E-state index in [1.165, 1.54) is 12.7 Å². The minimum Gasteiger partial charge on any atom is -0.468 e. The van der Waals surface area contributed by atoms with Gasteiger partial charge in [0.15, 0.2) is 0 Å². The molecule has 4 nitrogen and oxygen atoms in total. The summed E-state index contributed by atoms with van der Waals surface area (Å²) in [5.41, 5.74) is 1.17. The molecule has 1 aromatic rings. The van der Waals surface area contributed by atoms with Crippen LogP contribution in [-0.2, 0) is 25.6 Å². The van der Waals surface area contributed by atoms with Crippen molar-refractivity contribution in [3.8, 4) is 0 Å². The highest BCUT2D eigenvalue weighted by molar-refractivity contribution is 9.10. The van der Waals surface area contributed by atoms with Gasteiger partial charge < -0.3 is 14.2 Å². The average molecular weight is 441 g/mol. The lowest BCUT2D eigenvalue weighted by molar-refractivity contribution is -0.170. The summed E-state index contributed by atoms with van der Waals surface area (Å²) in [4.78, 5) is 12.4. The van der Waals surface area contributed by atoms with Crippen LogP contribution in [0, 0.1) is 17.8 Å². The number of esters is 1. The zero-order valence-corrected chi connectivity index (χ0v) is 18.7. The molecule has 0 aliphatic carbocycles. The summed E-state index contributed by atoms with van der Waals surface area (Å²) in [5, 5.41) is 0. The quantitative estimate of drug-likeness (QED) is 0.421. The van der Waals surface area contributed by atoms with Crippen molar-refractivity contribution in [2.45, 2.75) is 63.7 Å². The van der Waals surface area contributed by atoms with Gasteiger partial charge in [0.25, 0.3) is 0 Å². The molecule has 1 aliphatic rings. The van der Waals surface area contributed by atoms with Crippen molar-refractivity contribution < 1.29 is 19.0 Å². The summed E-state index contributed by atoms with van der Waals surface area (Å²) < 4.78 is 16.7. The van der Waals surface area contributed by atoms with Gasteiger partial charge in [-0.2, -0.15) is 0 Å². The minimum atomic E-state index is -0.801. The number of carbonyl (C=O) groups excluding carboxylic acids is 1. The van der Waals surface area contributed by atoms with Crippen LogP contribution in [0.2, 0.25) is 0 Å². The Hall–Kier alpha value is -0.910. The van der Waals surface area contributed by atoms with Crippen LogP contribution in [0.5, 0.6) is 0 Å². The fourth-order valence-corrected chi connectivity index (χ4v) is 4.92. The van der Waals surface area contributed by atoms with E-state index in [0.29, 0.717) is 25.6 Å². The second-order valence-corrected chi connectivity index (χ2v) is 9.31. The fourth-order valence-electron chi connectivity index (χ4n) is 4.20. The van der Waals surface area contributed by atoms with Crippen LogP contribution in [0.4, 0.5) is 0 Å². The molecule has 0 radical (unpaired) electrons. The maximum Gasteiger partial charge on any atom is 0.325 e. The van der Waals surface area contributed by atoms with E-state index in [1.54, 1.807) is 0 Å². The lowest BCUT2D eigenvalue weighted by Gasteiger charge is -2.46. The van der Waals surface area contributed by atoms with E-state index in [0.717, 1.165) is 6.42 Å². The molecule has 5 heteroatoms. The van der Waals surface area contributed by atoms with Gasteiger partial charge in [0.1, 0.15) is 4.32 Å². The van der Waals surface area contributed by atoms with E-state index >= 15 is 0 Å². The van der Waals surface area contributed by atoms with Gasteiger partial charge >= 0.3 is 5.97 Å². The highest BCUT2D eigenvalue weighted by atomic mass is 79.9. The third-order valence-electron chi connectivity index (χ3n) is 5.67. The molecule has 0 saturated carbocycles. The van der Waals surface area contributed by atoms with Crippen molar-refractivity contribution in [3.05, 3.63) is 35.9 Å². The molecule has 0 aromatic heterocycles. The van der Waals surface area contributed by atoms with Crippen LogP contribution in [0.15, 0.2) is 30.3 Å². The Balaban J connectivity index is 2.01.